The Morgan fingerprint density at radius 3 is 2.47 bits per heavy atom. The van der Waals surface area contributed by atoms with Crippen molar-refractivity contribution < 1.29 is 4.79 Å². The molecule has 1 fully saturated rings. The molecule has 88 valence electrons. The molecule has 0 aromatic heterocycles. The zero-order valence-electron chi connectivity index (χ0n) is 10.1. The Morgan fingerprint density at radius 1 is 1.47 bits per heavy atom. The lowest BCUT2D eigenvalue weighted by Gasteiger charge is -2.33. The van der Waals surface area contributed by atoms with Crippen LogP contribution in [-0.2, 0) is 4.79 Å². The van der Waals surface area contributed by atoms with Crippen LogP contribution in [0.25, 0.3) is 0 Å². The summed E-state index contributed by atoms with van der Waals surface area (Å²) in [6.45, 7) is 6.18. The largest absolute Gasteiger partial charge is 0.352 e. The smallest absolute Gasteiger partial charge is 0.237 e. The Kier molecular flexibility index (Phi) is 4.58. The van der Waals surface area contributed by atoms with Crippen molar-refractivity contribution in [2.45, 2.75) is 58.5 Å². The van der Waals surface area contributed by atoms with Crippen LogP contribution < -0.4 is 11.1 Å². The molecule has 0 spiro atoms. The number of hydrogen-bond donors (Lipinski definition) is 2. The fourth-order valence-corrected chi connectivity index (χ4v) is 1.89. The van der Waals surface area contributed by atoms with Crippen LogP contribution in [0.15, 0.2) is 0 Å². The first-order valence-electron chi connectivity index (χ1n) is 6.12. The second-order valence-electron chi connectivity index (χ2n) is 4.90. The summed E-state index contributed by atoms with van der Waals surface area (Å²) in [6.07, 6.45) is 4.76. The first kappa shape index (κ1) is 12.5. The molecule has 3 heteroatoms. The molecule has 0 aromatic carbocycles. The zero-order valence-corrected chi connectivity index (χ0v) is 10.1. The molecule has 3 N–H and O–H groups in total. The molecule has 0 aliphatic heterocycles. The fourth-order valence-electron chi connectivity index (χ4n) is 1.89. The molecule has 1 saturated carbocycles. The highest BCUT2D eigenvalue weighted by Gasteiger charge is 2.27. The van der Waals surface area contributed by atoms with E-state index in [4.69, 9.17) is 5.73 Å². The molecule has 15 heavy (non-hydrogen) atoms. The standard InChI is InChI=1S/C12H24N2O/c1-4-8(2)11(13)12(15)14-9(3)10-6-5-7-10/h8-11H,4-7,13H2,1-3H3,(H,14,15). The predicted octanol–water partition coefficient (Wildman–Crippen LogP) is 1.66. The molecule has 0 heterocycles. The van der Waals surface area contributed by atoms with Crippen LogP contribution in [0.2, 0.25) is 0 Å². The summed E-state index contributed by atoms with van der Waals surface area (Å²) < 4.78 is 0. The summed E-state index contributed by atoms with van der Waals surface area (Å²) >= 11 is 0. The zero-order chi connectivity index (χ0) is 11.4. The molecular formula is C12H24N2O. The number of amides is 1. The lowest BCUT2D eigenvalue weighted by atomic mass is 9.80. The summed E-state index contributed by atoms with van der Waals surface area (Å²) in [7, 11) is 0. The normalized spacial score (nSPS) is 22.7. The van der Waals surface area contributed by atoms with Crippen molar-refractivity contribution >= 4 is 5.91 Å². The van der Waals surface area contributed by atoms with Crippen LogP contribution in [-0.4, -0.2) is 18.0 Å². The molecule has 0 aromatic rings. The molecule has 1 aliphatic carbocycles. The lowest BCUT2D eigenvalue weighted by Crippen LogP contribution is -2.50. The highest BCUT2D eigenvalue weighted by atomic mass is 16.2. The number of rotatable bonds is 5. The van der Waals surface area contributed by atoms with E-state index in [1.807, 2.05) is 6.92 Å². The maximum absolute atomic E-state index is 11.8. The van der Waals surface area contributed by atoms with Crippen molar-refractivity contribution in [2.24, 2.45) is 17.6 Å². The number of carbonyl (C=O) groups is 1. The Bertz CT molecular complexity index is 214. The first-order valence-corrected chi connectivity index (χ1v) is 6.12. The van der Waals surface area contributed by atoms with E-state index in [2.05, 4.69) is 19.2 Å². The maximum atomic E-state index is 11.8. The van der Waals surface area contributed by atoms with Gasteiger partial charge in [0.05, 0.1) is 6.04 Å². The van der Waals surface area contributed by atoms with Gasteiger partial charge in [0.2, 0.25) is 5.91 Å². The molecule has 1 rings (SSSR count). The number of carbonyl (C=O) groups excluding carboxylic acids is 1. The minimum Gasteiger partial charge on any atom is -0.352 e. The topological polar surface area (TPSA) is 55.1 Å². The van der Waals surface area contributed by atoms with Crippen molar-refractivity contribution in [3.63, 3.8) is 0 Å². The van der Waals surface area contributed by atoms with Gasteiger partial charge in [-0.05, 0) is 31.6 Å². The molecular weight excluding hydrogens is 188 g/mol. The van der Waals surface area contributed by atoms with Gasteiger partial charge in [-0.25, -0.2) is 0 Å². The monoisotopic (exact) mass is 212 g/mol. The number of hydrogen-bond acceptors (Lipinski definition) is 2. The van der Waals surface area contributed by atoms with Crippen LogP contribution in [0.3, 0.4) is 0 Å². The van der Waals surface area contributed by atoms with Gasteiger partial charge in [0.1, 0.15) is 0 Å². The van der Waals surface area contributed by atoms with E-state index in [0.717, 1.165) is 6.42 Å². The van der Waals surface area contributed by atoms with E-state index in [-0.39, 0.29) is 17.9 Å². The third-order valence-corrected chi connectivity index (χ3v) is 3.79. The third kappa shape index (κ3) is 3.20. The van der Waals surface area contributed by atoms with E-state index in [1.54, 1.807) is 0 Å². The van der Waals surface area contributed by atoms with Crippen LogP contribution in [0.4, 0.5) is 0 Å². The van der Waals surface area contributed by atoms with Gasteiger partial charge < -0.3 is 11.1 Å². The number of nitrogens with one attached hydrogen (secondary N) is 1. The van der Waals surface area contributed by atoms with Gasteiger partial charge in [-0.2, -0.15) is 0 Å². The second-order valence-corrected chi connectivity index (χ2v) is 4.90. The van der Waals surface area contributed by atoms with Gasteiger partial charge in [-0.3, -0.25) is 4.79 Å². The molecule has 3 nitrogen and oxygen atoms in total. The molecule has 1 aliphatic rings. The molecule has 3 atom stereocenters. The van der Waals surface area contributed by atoms with E-state index in [1.165, 1.54) is 19.3 Å². The highest BCUT2D eigenvalue weighted by Crippen LogP contribution is 2.29. The van der Waals surface area contributed by atoms with Gasteiger partial charge in [0, 0.05) is 6.04 Å². The molecule has 0 bridgehead atoms. The van der Waals surface area contributed by atoms with Gasteiger partial charge >= 0.3 is 0 Å². The Labute approximate surface area is 92.8 Å². The van der Waals surface area contributed by atoms with Crippen LogP contribution in [0.1, 0.15) is 46.5 Å². The summed E-state index contributed by atoms with van der Waals surface area (Å²) in [5.74, 6) is 0.959. The average molecular weight is 212 g/mol. The SMILES string of the molecule is CCC(C)C(N)C(=O)NC(C)C1CCC1. The quantitative estimate of drug-likeness (QED) is 0.728. The Morgan fingerprint density at radius 2 is 2.07 bits per heavy atom. The summed E-state index contributed by atoms with van der Waals surface area (Å²) in [5.41, 5.74) is 5.87. The fraction of sp³-hybridized carbons (Fsp3) is 0.917. The van der Waals surface area contributed by atoms with E-state index < -0.39 is 0 Å². The van der Waals surface area contributed by atoms with Crippen molar-refractivity contribution in [3.8, 4) is 0 Å². The molecule has 3 unspecified atom stereocenters. The average Bonchev–Trinajstić information content (AvgIpc) is 2.12. The van der Waals surface area contributed by atoms with Crippen molar-refractivity contribution in [1.29, 1.82) is 0 Å². The van der Waals surface area contributed by atoms with E-state index >= 15 is 0 Å². The minimum atomic E-state index is -0.350. The highest BCUT2D eigenvalue weighted by molar-refractivity contribution is 5.82. The van der Waals surface area contributed by atoms with Crippen LogP contribution >= 0.6 is 0 Å². The van der Waals surface area contributed by atoms with Crippen LogP contribution in [0, 0.1) is 11.8 Å². The molecule has 0 saturated heterocycles. The third-order valence-electron chi connectivity index (χ3n) is 3.79. The number of nitrogens with two attached hydrogens (primary N) is 1. The summed E-state index contributed by atoms with van der Waals surface area (Å²) in [6, 6.07) is -0.0566. The Hall–Kier alpha value is -0.570. The van der Waals surface area contributed by atoms with Crippen molar-refractivity contribution in [2.75, 3.05) is 0 Å². The van der Waals surface area contributed by atoms with Crippen molar-refractivity contribution in [3.05, 3.63) is 0 Å². The minimum absolute atomic E-state index is 0.0174. The van der Waals surface area contributed by atoms with Gasteiger partial charge in [-0.15, -0.1) is 0 Å². The lowest BCUT2D eigenvalue weighted by molar-refractivity contribution is -0.124. The van der Waals surface area contributed by atoms with Crippen LogP contribution in [0.5, 0.6) is 0 Å². The van der Waals surface area contributed by atoms with Gasteiger partial charge in [-0.1, -0.05) is 26.7 Å². The Balaban J connectivity index is 2.33. The predicted molar refractivity (Wildman–Crippen MR) is 62.4 cm³/mol. The second kappa shape index (κ2) is 5.50. The van der Waals surface area contributed by atoms with Crippen molar-refractivity contribution in [1.82, 2.24) is 5.32 Å². The van der Waals surface area contributed by atoms with E-state index in [0.29, 0.717) is 12.0 Å². The maximum Gasteiger partial charge on any atom is 0.237 e. The molecule has 0 radical (unpaired) electrons. The summed E-state index contributed by atoms with van der Waals surface area (Å²) in [4.78, 5) is 11.8. The van der Waals surface area contributed by atoms with E-state index in [9.17, 15) is 4.79 Å². The molecule has 1 amide bonds. The first-order chi connectivity index (χ1) is 7.06. The summed E-state index contributed by atoms with van der Waals surface area (Å²) in [5, 5.41) is 3.03. The van der Waals surface area contributed by atoms with Gasteiger partial charge in [0.15, 0.2) is 0 Å². The van der Waals surface area contributed by atoms with Gasteiger partial charge in [0.25, 0.3) is 0 Å².